The zero-order valence-corrected chi connectivity index (χ0v) is 12.6. The van der Waals surface area contributed by atoms with Crippen LogP contribution in [-0.4, -0.2) is 18.5 Å². The van der Waals surface area contributed by atoms with Crippen molar-refractivity contribution in [2.24, 2.45) is 5.92 Å². The van der Waals surface area contributed by atoms with Gasteiger partial charge in [-0.3, -0.25) is 4.79 Å². The third-order valence-electron chi connectivity index (χ3n) is 4.19. The maximum Gasteiger partial charge on any atom is 0.251 e. The molecule has 0 heterocycles. The van der Waals surface area contributed by atoms with Crippen molar-refractivity contribution >= 4 is 11.6 Å². The Labute approximate surface area is 122 Å². The van der Waals surface area contributed by atoms with E-state index in [-0.39, 0.29) is 11.9 Å². The van der Waals surface area contributed by atoms with E-state index in [1.54, 1.807) is 0 Å². The van der Waals surface area contributed by atoms with Crippen molar-refractivity contribution in [2.45, 2.75) is 52.0 Å². The highest BCUT2D eigenvalue weighted by molar-refractivity contribution is 5.94. The molecule has 0 spiro atoms. The van der Waals surface area contributed by atoms with Crippen LogP contribution in [0.2, 0.25) is 0 Å². The molecule has 3 heteroatoms. The van der Waals surface area contributed by atoms with Gasteiger partial charge in [0, 0.05) is 23.8 Å². The average molecular weight is 274 g/mol. The third-order valence-corrected chi connectivity index (χ3v) is 4.19. The molecule has 1 aromatic carbocycles. The lowest BCUT2D eigenvalue weighted by molar-refractivity contribution is 0.0927. The summed E-state index contributed by atoms with van der Waals surface area (Å²) >= 11 is 0. The molecule has 0 radical (unpaired) electrons. The number of carbonyl (C=O) groups excluding carboxylic acids is 1. The maximum absolute atomic E-state index is 12.2. The first-order valence-electron chi connectivity index (χ1n) is 7.85. The summed E-state index contributed by atoms with van der Waals surface area (Å²) < 4.78 is 0. The van der Waals surface area contributed by atoms with Crippen LogP contribution in [0.4, 0.5) is 5.69 Å². The van der Waals surface area contributed by atoms with Crippen molar-refractivity contribution in [3.05, 3.63) is 29.8 Å². The number of amides is 1. The second-order valence-electron chi connectivity index (χ2n) is 5.81. The highest BCUT2D eigenvalue weighted by atomic mass is 16.1. The minimum absolute atomic E-state index is 0.0476. The standard InChI is InChI=1S/C17H26N2O/c1-3-12-18-16-10-8-15(9-11-16)17(20)19-13(2)14-6-4-5-7-14/h8-11,13-14,18H,3-7,12H2,1-2H3,(H,19,20). The molecule has 2 rings (SSSR count). The molecule has 20 heavy (non-hydrogen) atoms. The lowest BCUT2D eigenvalue weighted by Crippen LogP contribution is -2.37. The van der Waals surface area contributed by atoms with Crippen LogP contribution in [0.5, 0.6) is 0 Å². The van der Waals surface area contributed by atoms with Gasteiger partial charge in [0.2, 0.25) is 0 Å². The first kappa shape index (κ1) is 14.9. The molecule has 1 atom stereocenters. The molecule has 1 fully saturated rings. The monoisotopic (exact) mass is 274 g/mol. The highest BCUT2D eigenvalue weighted by Crippen LogP contribution is 2.27. The summed E-state index contributed by atoms with van der Waals surface area (Å²) in [5.74, 6) is 0.705. The second-order valence-corrected chi connectivity index (χ2v) is 5.81. The van der Waals surface area contributed by atoms with E-state index in [9.17, 15) is 4.79 Å². The topological polar surface area (TPSA) is 41.1 Å². The molecule has 0 aromatic heterocycles. The number of rotatable bonds is 6. The maximum atomic E-state index is 12.2. The molecular formula is C17H26N2O. The van der Waals surface area contributed by atoms with Gasteiger partial charge in [-0.1, -0.05) is 19.8 Å². The summed E-state index contributed by atoms with van der Waals surface area (Å²) in [5.41, 5.74) is 1.82. The molecule has 0 bridgehead atoms. The largest absolute Gasteiger partial charge is 0.385 e. The molecule has 2 N–H and O–H groups in total. The van der Waals surface area contributed by atoms with Crippen LogP contribution < -0.4 is 10.6 Å². The molecular weight excluding hydrogens is 248 g/mol. The third kappa shape index (κ3) is 3.99. The number of hydrogen-bond donors (Lipinski definition) is 2. The fourth-order valence-corrected chi connectivity index (χ4v) is 2.87. The van der Waals surface area contributed by atoms with Crippen LogP contribution in [0.15, 0.2) is 24.3 Å². The quantitative estimate of drug-likeness (QED) is 0.828. The lowest BCUT2D eigenvalue weighted by atomic mass is 9.99. The first-order valence-corrected chi connectivity index (χ1v) is 7.85. The summed E-state index contributed by atoms with van der Waals surface area (Å²) in [7, 11) is 0. The van der Waals surface area contributed by atoms with Gasteiger partial charge in [0.05, 0.1) is 0 Å². The highest BCUT2D eigenvalue weighted by Gasteiger charge is 2.22. The average Bonchev–Trinajstić information content (AvgIpc) is 3.00. The van der Waals surface area contributed by atoms with Crippen molar-refractivity contribution in [2.75, 3.05) is 11.9 Å². The van der Waals surface area contributed by atoms with Crippen molar-refractivity contribution in [3.8, 4) is 0 Å². The van der Waals surface area contributed by atoms with E-state index in [0.717, 1.165) is 24.2 Å². The van der Waals surface area contributed by atoms with Gasteiger partial charge in [-0.2, -0.15) is 0 Å². The van der Waals surface area contributed by atoms with Gasteiger partial charge >= 0.3 is 0 Å². The van der Waals surface area contributed by atoms with Gasteiger partial charge in [-0.05, 0) is 56.4 Å². The summed E-state index contributed by atoms with van der Waals surface area (Å²) in [6.45, 7) is 5.23. The fourth-order valence-electron chi connectivity index (χ4n) is 2.87. The lowest BCUT2D eigenvalue weighted by Gasteiger charge is -2.20. The minimum Gasteiger partial charge on any atom is -0.385 e. The van der Waals surface area contributed by atoms with Gasteiger partial charge in [0.15, 0.2) is 0 Å². The van der Waals surface area contributed by atoms with E-state index in [0.29, 0.717) is 5.92 Å². The van der Waals surface area contributed by atoms with Crippen LogP contribution in [0.1, 0.15) is 56.3 Å². The Balaban J connectivity index is 1.88. The van der Waals surface area contributed by atoms with Crippen LogP contribution in [0.25, 0.3) is 0 Å². The van der Waals surface area contributed by atoms with Crippen molar-refractivity contribution in [3.63, 3.8) is 0 Å². The van der Waals surface area contributed by atoms with Gasteiger partial charge in [0.25, 0.3) is 5.91 Å². The minimum atomic E-state index is 0.0476. The van der Waals surface area contributed by atoms with E-state index < -0.39 is 0 Å². The summed E-state index contributed by atoms with van der Waals surface area (Å²) in [6.07, 6.45) is 6.22. The number of carbonyl (C=O) groups is 1. The van der Waals surface area contributed by atoms with E-state index in [1.165, 1.54) is 25.7 Å². The van der Waals surface area contributed by atoms with Crippen LogP contribution in [-0.2, 0) is 0 Å². The molecule has 1 unspecified atom stereocenters. The molecule has 1 aliphatic rings. The molecule has 1 aliphatic carbocycles. The Kier molecular flexibility index (Phi) is 5.45. The Morgan fingerprint density at radius 2 is 1.90 bits per heavy atom. The van der Waals surface area contributed by atoms with Crippen LogP contribution >= 0.6 is 0 Å². The zero-order valence-electron chi connectivity index (χ0n) is 12.6. The van der Waals surface area contributed by atoms with Gasteiger partial charge < -0.3 is 10.6 Å². The number of nitrogens with one attached hydrogen (secondary N) is 2. The molecule has 1 amide bonds. The van der Waals surface area contributed by atoms with Crippen molar-refractivity contribution in [1.82, 2.24) is 5.32 Å². The molecule has 110 valence electrons. The zero-order chi connectivity index (χ0) is 14.4. The number of hydrogen-bond acceptors (Lipinski definition) is 2. The van der Waals surface area contributed by atoms with E-state index >= 15 is 0 Å². The molecule has 0 aliphatic heterocycles. The Morgan fingerprint density at radius 1 is 1.25 bits per heavy atom. The van der Waals surface area contributed by atoms with E-state index in [1.807, 2.05) is 24.3 Å². The van der Waals surface area contributed by atoms with Gasteiger partial charge in [0.1, 0.15) is 0 Å². The van der Waals surface area contributed by atoms with Crippen LogP contribution in [0, 0.1) is 5.92 Å². The van der Waals surface area contributed by atoms with Crippen molar-refractivity contribution in [1.29, 1.82) is 0 Å². The Hall–Kier alpha value is -1.51. The Morgan fingerprint density at radius 3 is 2.50 bits per heavy atom. The first-order chi connectivity index (χ1) is 9.70. The summed E-state index contributed by atoms with van der Waals surface area (Å²) in [4.78, 5) is 12.2. The van der Waals surface area contributed by atoms with E-state index in [4.69, 9.17) is 0 Å². The number of benzene rings is 1. The second kappa shape index (κ2) is 7.32. The fraction of sp³-hybridized carbons (Fsp3) is 0.588. The molecule has 1 aromatic rings. The predicted molar refractivity (Wildman–Crippen MR) is 84.1 cm³/mol. The van der Waals surface area contributed by atoms with E-state index in [2.05, 4.69) is 24.5 Å². The SMILES string of the molecule is CCCNc1ccc(C(=O)NC(C)C2CCCC2)cc1. The molecule has 3 nitrogen and oxygen atoms in total. The predicted octanol–water partition coefficient (Wildman–Crippen LogP) is 3.82. The molecule has 0 saturated heterocycles. The smallest absolute Gasteiger partial charge is 0.251 e. The van der Waals surface area contributed by atoms with Crippen molar-refractivity contribution < 1.29 is 4.79 Å². The summed E-state index contributed by atoms with van der Waals surface area (Å²) in [5, 5.41) is 6.46. The number of anilines is 1. The normalized spacial score (nSPS) is 16.9. The van der Waals surface area contributed by atoms with Gasteiger partial charge in [-0.15, -0.1) is 0 Å². The Bertz CT molecular complexity index is 421. The summed E-state index contributed by atoms with van der Waals surface area (Å²) in [6, 6.07) is 8.03. The molecule has 1 saturated carbocycles. The van der Waals surface area contributed by atoms with Gasteiger partial charge in [-0.25, -0.2) is 0 Å². The van der Waals surface area contributed by atoms with Crippen LogP contribution in [0.3, 0.4) is 0 Å².